The smallest absolute Gasteiger partial charge is 0.180 e. The Morgan fingerprint density at radius 3 is 1.28 bits per heavy atom. The highest BCUT2D eigenvalue weighted by atomic mass is 16.5. The molecule has 3 nitrogen and oxygen atoms in total. The van der Waals surface area contributed by atoms with Crippen molar-refractivity contribution in [2.75, 3.05) is 0 Å². The molecule has 0 aliphatic carbocycles. The van der Waals surface area contributed by atoms with E-state index in [1.165, 1.54) is 12.4 Å². The lowest BCUT2D eigenvalue weighted by molar-refractivity contribution is -0.605. The molecule has 0 spiro atoms. The summed E-state index contributed by atoms with van der Waals surface area (Å²) in [5.74, 6) is 0. The van der Waals surface area contributed by atoms with Gasteiger partial charge in [0.15, 0.2) is 12.4 Å². The van der Waals surface area contributed by atoms with Crippen LogP contribution in [-0.2, 0) is 0 Å². The average molecular weight is 250 g/mol. The molecule has 0 aliphatic heterocycles. The van der Waals surface area contributed by atoms with Crippen LogP contribution in [-0.4, -0.2) is 4.98 Å². The van der Waals surface area contributed by atoms with E-state index in [0.29, 0.717) is 0 Å². The number of hydrogen-bond donors (Lipinski definition) is 0. The number of aromatic nitrogens is 2. The molecule has 0 saturated carbocycles. The first kappa shape index (κ1) is 21.4. The summed E-state index contributed by atoms with van der Waals surface area (Å²) >= 11 is 0. The van der Waals surface area contributed by atoms with Gasteiger partial charge in [0.05, 0.1) is 0 Å². The molecule has 2 heterocycles. The van der Waals surface area contributed by atoms with Crippen molar-refractivity contribution in [2.45, 2.75) is 35.1 Å². The van der Waals surface area contributed by atoms with E-state index in [1.807, 2.05) is 45.9 Å². The van der Waals surface area contributed by atoms with Crippen LogP contribution in [0.25, 0.3) is 0 Å². The van der Waals surface area contributed by atoms with Gasteiger partial charge in [-0.2, -0.15) is 4.73 Å². The Kier molecular flexibility index (Phi) is 24.4. The number of nitrogens with zero attached hydrogens (tertiary/aromatic N) is 2. The third kappa shape index (κ3) is 16.5. The second kappa shape index (κ2) is 20.5. The maximum atomic E-state index is 10.2. The van der Waals surface area contributed by atoms with Crippen molar-refractivity contribution >= 4 is 0 Å². The SMILES string of the molecule is C.CC.CC.[O-][n+]1ccccc1.c1ccncc1. The van der Waals surface area contributed by atoms with E-state index < -0.39 is 0 Å². The molecule has 0 fully saturated rings. The summed E-state index contributed by atoms with van der Waals surface area (Å²) in [6, 6.07) is 10.9. The molecule has 0 amide bonds. The Labute approximate surface area is 112 Å². The third-order valence-electron chi connectivity index (χ3n) is 1.25. The standard InChI is InChI=1S/C5H5NO.C5H5N.2C2H6.CH4/c7-6-4-2-1-3-5-6;1-2-4-6-5-3-1;2*1-2;/h1-5H;1-5H;2*1-2H3;1H4. The van der Waals surface area contributed by atoms with Gasteiger partial charge in [0.2, 0.25) is 0 Å². The molecule has 0 radical (unpaired) electrons. The van der Waals surface area contributed by atoms with Gasteiger partial charge in [0, 0.05) is 24.5 Å². The van der Waals surface area contributed by atoms with Crippen molar-refractivity contribution in [1.82, 2.24) is 4.98 Å². The Morgan fingerprint density at radius 2 is 1.11 bits per heavy atom. The second-order valence-corrected chi connectivity index (χ2v) is 2.26. The minimum atomic E-state index is 0. The highest BCUT2D eigenvalue weighted by Crippen LogP contribution is 1.73. The summed E-state index contributed by atoms with van der Waals surface area (Å²) in [6.07, 6.45) is 6.39. The minimum Gasteiger partial charge on any atom is -0.619 e. The number of rotatable bonds is 0. The molecular formula is C15H26N2O. The molecule has 0 N–H and O–H groups in total. The molecule has 0 aliphatic rings. The van der Waals surface area contributed by atoms with Gasteiger partial charge in [-0.05, 0) is 12.1 Å². The molecule has 0 atom stereocenters. The first-order valence-electron chi connectivity index (χ1n) is 5.88. The summed E-state index contributed by atoms with van der Waals surface area (Å²) in [5.41, 5.74) is 0. The normalized spacial score (nSPS) is 6.67. The molecule has 3 heteroatoms. The van der Waals surface area contributed by atoms with Crippen molar-refractivity contribution in [3.8, 4) is 0 Å². The third-order valence-corrected chi connectivity index (χ3v) is 1.25. The summed E-state index contributed by atoms with van der Waals surface area (Å²) in [6.45, 7) is 8.00. The van der Waals surface area contributed by atoms with E-state index >= 15 is 0 Å². The van der Waals surface area contributed by atoms with Gasteiger partial charge >= 0.3 is 0 Å². The van der Waals surface area contributed by atoms with Crippen LogP contribution < -0.4 is 4.73 Å². The molecule has 18 heavy (non-hydrogen) atoms. The van der Waals surface area contributed by atoms with Crippen LogP contribution in [0.1, 0.15) is 35.1 Å². The lowest BCUT2D eigenvalue weighted by Gasteiger charge is -1.88. The lowest BCUT2D eigenvalue weighted by atomic mass is 10.5. The van der Waals surface area contributed by atoms with Gasteiger partial charge in [-0.15, -0.1) is 0 Å². The van der Waals surface area contributed by atoms with Gasteiger partial charge in [0.25, 0.3) is 0 Å². The maximum Gasteiger partial charge on any atom is 0.180 e. The number of pyridine rings is 2. The zero-order valence-corrected chi connectivity index (χ0v) is 11.1. The monoisotopic (exact) mass is 250 g/mol. The van der Waals surface area contributed by atoms with Crippen molar-refractivity contribution in [2.24, 2.45) is 0 Å². The highest BCUT2D eigenvalue weighted by Gasteiger charge is 1.75. The Hall–Kier alpha value is -1.90. The fraction of sp³-hybridized carbons (Fsp3) is 0.333. The summed E-state index contributed by atoms with van der Waals surface area (Å²) in [4.78, 5) is 3.78. The molecule has 2 aromatic heterocycles. The van der Waals surface area contributed by atoms with Crippen LogP contribution in [0, 0.1) is 5.21 Å². The van der Waals surface area contributed by atoms with Crippen molar-refractivity contribution in [3.05, 3.63) is 66.4 Å². The first-order chi connectivity index (χ1) is 8.39. The van der Waals surface area contributed by atoms with Crippen LogP contribution in [0.5, 0.6) is 0 Å². The predicted octanol–water partition coefficient (Wildman–Crippen LogP) is 4.09. The molecule has 0 unspecified atom stereocenters. The van der Waals surface area contributed by atoms with Gasteiger partial charge in [-0.25, -0.2) is 0 Å². The number of hydrogen-bond acceptors (Lipinski definition) is 2. The Balaban J connectivity index is -0.000000189. The average Bonchev–Trinajstić information content (AvgIpc) is 2.47. The fourth-order valence-corrected chi connectivity index (χ4v) is 0.695. The Bertz CT molecular complexity index is 285. The van der Waals surface area contributed by atoms with E-state index in [4.69, 9.17) is 0 Å². The van der Waals surface area contributed by atoms with Crippen molar-refractivity contribution in [1.29, 1.82) is 0 Å². The topological polar surface area (TPSA) is 39.8 Å². The van der Waals surface area contributed by atoms with Gasteiger partial charge < -0.3 is 5.21 Å². The zero-order valence-electron chi connectivity index (χ0n) is 11.1. The molecule has 2 aromatic rings. The molecule has 0 bridgehead atoms. The molecule has 2 rings (SSSR count). The largest absolute Gasteiger partial charge is 0.619 e. The first-order valence-corrected chi connectivity index (χ1v) is 5.88. The van der Waals surface area contributed by atoms with E-state index in [2.05, 4.69) is 4.98 Å². The van der Waals surface area contributed by atoms with E-state index in [0.717, 1.165) is 4.73 Å². The van der Waals surface area contributed by atoms with Crippen LogP contribution in [0.3, 0.4) is 0 Å². The lowest BCUT2D eigenvalue weighted by Crippen LogP contribution is -2.22. The van der Waals surface area contributed by atoms with E-state index in [9.17, 15) is 5.21 Å². The maximum absolute atomic E-state index is 10.2. The van der Waals surface area contributed by atoms with Crippen LogP contribution in [0.15, 0.2) is 61.2 Å². The van der Waals surface area contributed by atoms with Gasteiger partial charge in [-0.3, -0.25) is 4.98 Å². The van der Waals surface area contributed by atoms with Crippen LogP contribution >= 0.6 is 0 Å². The Morgan fingerprint density at radius 1 is 0.722 bits per heavy atom. The van der Waals surface area contributed by atoms with Crippen LogP contribution in [0.4, 0.5) is 0 Å². The quantitative estimate of drug-likeness (QED) is 0.522. The summed E-state index contributed by atoms with van der Waals surface area (Å²) in [5, 5.41) is 10.2. The summed E-state index contributed by atoms with van der Waals surface area (Å²) in [7, 11) is 0. The van der Waals surface area contributed by atoms with Crippen molar-refractivity contribution in [3.63, 3.8) is 0 Å². The predicted molar refractivity (Wildman–Crippen MR) is 79.1 cm³/mol. The molecular weight excluding hydrogens is 224 g/mol. The van der Waals surface area contributed by atoms with Crippen molar-refractivity contribution < 1.29 is 4.73 Å². The zero-order chi connectivity index (χ0) is 13.4. The second-order valence-electron chi connectivity index (χ2n) is 2.26. The molecule has 102 valence electrons. The van der Waals surface area contributed by atoms with Crippen LogP contribution in [0.2, 0.25) is 0 Å². The molecule has 0 aromatic carbocycles. The molecule has 0 saturated heterocycles. The van der Waals surface area contributed by atoms with Gasteiger partial charge in [0.1, 0.15) is 0 Å². The summed E-state index contributed by atoms with van der Waals surface area (Å²) < 4.78 is 0.750. The van der Waals surface area contributed by atoms with Gasteiger partial charge in [-0.1, -0.05) is 47.3 Å². The minimum absolute atomic E-state index is 0. The highest BCUT2D eigenvalue weighted by molar-refractivity contribution is 4.88. The fourth-order valence-electron chi connectivity index (χ4n) is 0.695. The van der Waals surface area contributed by atoms with E-state index in [1.54, 1.807) is 30.6 Å². The van der Waals surface area contributed by atoms with E-state index in [-0.39, 0.29) is 7.43 Å².